The largest absolute Gasteiger partial charge is 0.353 e. The van der Waals surface area contributed by atoms with E-state index >= 15 is 0 Å². The minimum Gasteiger partial charge on any atom is -0.353 e. The number of hydrogen-bond acceptors (Lipinski definition) is 5. The van der Waals surface area contributed by atoms with Gasteiger partial charge in [-0.2, -0.15) is 0 Å². The van der Waals surface area contributed by atoms with Crippen LogP contribution in [0.15, 0.2) is 17.4 Å². The van der Waals surface area contributed by atoms with E-state index in [-0.39, 0.29) is 0 Å². The van der Waals surface area contributed by atoms with Crippen LogP contribution in [0, 0.1) is 0 Å². The van der Waals surface area contributed by atoms with Crippen molar-refractivity contribution in [3.8, 4) is 0 Å². The molecule has 0 aliphatic carbocycles. The van der Waals surface area contributed by atoms with Gasteiger partial charge in [0.25, 0.3) is 0 Å². The van der Waals surface area contributed by atoms with Crippen molar-refractivity contribution in [3.05, 3.63) is 12.4 Å². The molecule has 0 amide bonds. The third-order valence-electron chi connectivity index (χ3n) is 2.65. The third-order valence-corrected chi connectivity index (χ3v) is 3.28. The topological polar surface area (TPSA) is 32.3 Å². The van der Waals surface area contributed by atoms with Gasteiger partial charge in [-0.15, -0.1) is 11.8 Å². The molecule has 0 radical (unpaired) electrons. The van der Waals surface area contributed by atoms with Crippen molar-refractivity contribution in [2.24, 2.45) is 0 Å². The maximum Gasteiger partial charge on any atom is 0.147 e. The lowest BCUT2D eigenvalue weighted by atomic mass is 10.3. The average Bonchev–Trinajstić information content (AvgIpc) is 2.30. The molecule has 1 aliphatic heterocycles. The summed E-state index contributed by atoms with van der Waals surface area (Å²) in [5.74, 6) is 1.00. The molecule has 1 saturated heterocycles. The van der Waals surface area contributed by atoms with E-state index in [1.165, 1.54) is 0 Å². The van der Waals surface area contributed by atoms with Crippen molar-refractivity contribution in [2.45, 2.75) is 5.03 Å². The van der Waals surface area contributed by atoms with E-state index in [4.69, 9.17) is 0 Å². The lowest BCUT2D eigenvalue weighted by Crippen LogP contribution is -2.44. The molecular formula is C10H16N4S. The molecule has 0 aromatic carbocycles. The third kappa shape index (κ3) is 2.60. The fourth-order valence-corrected chi connectivity index (χ4v) is 1.93. The highest BCUT2D eigenvalue weighted by molar-refractivity contribution is 7.98. The van der Waals surface area contributed by atoms with Crippen LogP contribution in [0.3, 0.4) is 0 Å². The Kier molecular flexibility index (Phi) is 3.43. The number of aromatic nitrogens is 2. The molecule has 1 aliphatic rings. The monoisotopic (exact) mass is 224 g/mol. The lowest BCUT2D eigenvalue weighted by Gasteiger charge is -2.32. The fourth-order valence-electron chi connectivity index (χ4n) is 1.61. The van der Waals surface area contributed by atoms with Crippen molar-refractivity contribution < 1.29 is 0 Å². The van der Waals surface area contributed by atoms with Gasteiger partial charge in [-0.1, -0.05) is 0 Å². The summed E-state index contributed by atoms with van der Waals surface area (Å²) >= 11 is 1.62. The van der Waals surface area contributed by atoms with Crippen molar-refractivity contribution in [1.29, 1.82) is 0 Å². The predicted octanol–water partition coefficient (Wildman–Crippen LogP) is 0.950. The summed E-state index contributed by atoms with van der Waals surface area (Å²) in [5.41, 5.74) is 0. The second-order valence-corrected chi connectivity index (χ2v) is 4.53. The first-order valence-electron chi connectivity index (χ1n) is 5.09. The maximum atomic E-state index is 4.42. The number of anilines is 1. The summed E-state index contributed by atoms with van der Waals surface area (Å²) in [6.45, 7) is 4.30. The van der Waals surface area contributed by atoms with E-state index in [9.17, 15) is 0 Å². The molecule has 1 fully saturated rings. The molecule has 1 aromatic heterocycles. The molecule has 2 heterocycles. The van der Waals surface area contributed by atoms with Gasteiger partial charge < -0.3 is 9.80 Å². The van der Waals surface area contributed by atoms with Crippen LogP contribution in [0.2, 0.25) is 0 Å². The minimum atomic E-state index is 0.980. The molecule has 4 nitrogen and oxygen atoms in total. The van der Waals surface area contributed by atoms with Gasteiger partial charge in [0.1, 0.15) is 10.8 Å². The number of likely N-dealkylation sites (N-methyl/N-ethyl adjacent to an activating group) is 1. The highest BCUT2D eigenvalue weighted by atomic mass is 32.2. The van der Waals surface area contributed by atoms with Gasteiger partial charge in [0.15, 0.2) is 0 Å². The highest BCUT2D eigenvalue weighted by Gasteiger charge is 2.15. The minimum absolute atomic E-state index is 0.980. The summed E-state index contributed by atoms with van der Waals surface area (Å²) in [7, 11) is 2.15. The van der Waals surface area contributed by atoms with Gasteiger partial charge in [0.2, 0.25) is 0 Å². The zero-order valence-corrected chi connectivity index (χ0v) is 10.00. The first kappa shape index (κ1) is 10.7. The summed E-state index contributed by atoms with van der Waals surface area (Å²) in [6, 6.07) is 0. The number of rotatable bonds is 2. The van der Waals surface area contributed by atoms with Crippen LogP contribution < -0.4 is 4.90 Å². The van der Waals surface area contributed by atoms with E-state index in [1.54, 1.807) is 11.8 Å². The van der Waals surface area contributed by atoms with Gasteiger partial charge in [-0.25, -0.2) is 9.97 Å². The molecular weight excluding hydrogens is 208 g/mol. The molecule has 0 N–H and O–H groups in total. The standard InChI is InChI=1S/C10H16N4S/c1-13-3-5-14(6-4-13)9-7-12-10(15-2)8-11-9/h7-8H,3-6H2,1-2H3. The molecule has 2 rings (SSSR count). The Morgan fingerprint density at radius 3 is 2.40 bits per heavy atom. The zero-order valence-electron chi connectivity index (χ0n) is 9.18. The first-order chi connectivity index (χ1) is 7.29. The Balaban J connectivity index is 2.03. The molecule has 0 atom stereocenters. The van der Waals surface area contributed by atoms with Crippen molar-refractivity contribution in [1.82, 2.24) is 14.9 Å². The summed E-state index contributed by atoms with van der Waals surface area (Å²) in [6.07, 6.45) is 5.73. The van der Waals surface area contributed by atoms with Gasteiger partial charge >= 0.3 is 0 Å². The second-order valence-electron chi connectivity index (χ2n) is 3.71. The van der Waals surface area contributed by atoms with Crippen LogP contribution in [0.25, 0.3) is 0 Å². The molecule has 1 aromatic rings. The highest BCUT2D eigenvalue weighted by Crippen LogP contribution is 2.15. The Bertz CT molecular complexity index is 306. The van der Waals surface area contributed by atoms with E-state index in [0.29, 0.717) is 0 Å². The van der Waals surface area contributed by atoms with Crippen molar-refractivity contribution in [3.63, 3.8) is 0 Å². The van der Waals surface area contributed by atoms with Gasteiger partial charge in [-0.05, 0) is 13.3 Å². The van der Waals surface area contributed by atoms with Crippen LogP contribution >= 0.6 is 11.8 Å². The molecule has 0 saturated carbocycles. The number of hydrogen-bond donors (Lipinski definition) is 0. The zero-order chi connectivity index (χ0) is 10.7. The second kappa shape index (κ2) is 4.81. The molecule has 0 spiro atoms. The van der Waals surface area contributed by atoms with E-state index < -0.39 is 0 Å². The van der Waals surface area contributed by atoms with E-state index in [1.807, 2.05) is 18.6 Å². The number of thioether (sulfide) groups is 1. The predicted molar refractivity (Wildman–Crippen MR) is 63.5 cm³/mol. The lowest BCUT2D eigenvalue weighted by molar-refractivity contribution is 0.312. The van der Waals surface area contributed by atoms with Gasteiger partial charge in [0.05, 0.1) is 12.4 Å². The smallest absolute Gasteiger partial charge is 0.147 e. The molecule has 5 heteroatoms. The maximum absolute atomic E-state index is 4.42. The summed E-state index contributed by atoms with van der Waals surface area (Å²) in [5, 5.41) is 0.980. The van der Waals surface area contributed by atoms with Crippen LogP contribution in [-0.4, -0.2) is 54.4 Å². The summed E-state index contributed by atoms with van der Waals surface area (Å²) < 4.78 is 0. The fraction of sp³-hybridized carbons (Fsp3) is 0.600. The molecule has 82 valence electrons. The first-order valence-corrected chi connectivity index (χ1v) is 6.31. The van der Waals surface area contributed by atoms with Crippen molar-refractivity contribution in [2.75, 3.05) is 44.4 Å². The molecule has 0 unspecified atom stereocenters. The van der Waals surface area contributed by atoms with Crippen LogP contribution in [0.5, 0.6) is 0 Å². The van der Waals surface area contributed by atoms with Gasteiger partial charge in [-0.3, -0.25) is 0 Å². The molecule has 0 bridgehead atoms. The van der Waals surface area contributed by atoms with Gasteiger partial charge in [0, 0.05) is 26.2 Å². The number of piperazine rings is 1. The van der Waals surface area contributed by atoms with E-state index in [0.717, 1.165) is 37.0 Å². The van der Waals surface area contributed by atoms with E-state index in [2.05, 4.69) is 26.8 Å². The quantitative estimate of drug-likeness (QED) is 0.698. The number of nitrogens with zero attached hydrogens (tertiary/aromatic N) is 4. The average molecular weight is 224 g/mol. The normalized spacial score (nSPS) is 18.1. The SMILES string of the molecule is CSc1cnc(N2CCN(C)CC2)cn1. The Morgan fingerprint density at radius 1 is 1.13 bits per heavy atom. The van der Waals surface area contributed by atoms with Crippen LogP contribution in [-0.2, 0) is 0 Å². The Hall–Kier alpha value is -0.810. The Labute approximate surface area is 94.7 Å². The Morgan fingerprint density at radius 2 is 1.87 bits per heavy atom. The van der Waals surface area contributed by atoms with Crippen LogP contribution in [0.1, 0.15) is 0 Å². The molecule has 15 heavy (non-hydrogen) atoms. The summed E-state index contributed by atoms with van der Waals surface area (Å²) in [4.78, 5) is 13.4. The van der Waals surface area contributed by atoms with Crippen molar-refractivity contribution >= 4 is 17.6 Å². The van der Waals surface area contributed by atoms with Crippen LogP contribution in [0.4, 0.5) is 5.82 Å².